The maximum Gasteiger partial charge on any atom is 0.255 e. The van der Waals surface area contributed by atoms with Crippen molar-refractivity contribution >= 4 is 28.6 Å². The van der Waals surface area contributed by atoms with E-state index in [1.165, 1.54) is 6.42 Å². The molecule has 2 aliphatic heterocycles. The maximum atomic E-state index is 14.0. The van der Waals surface area contributed by atoms with Crippen molar-refractivity contribution in [2.75, 3.05) is 0 Å². The lowest BCUT2D eigenvalue weighted by Crippen LogP contribution is -2.57. The maximum absolute atomic E-state index is 14.0. The normalized spacial score (nSPS) is 21.7. The summed E-state index contributed by atoms with van der Waals surface area (Å²) in [6.45, 7) is 4.12. The highest BCUT2D eigenvalue weighted by Crippen LogP contribution is 2.46. The molecule has 6 rings (SSSR count). The highest BCUT2D eigenvalue weighted by Gasteiger charge is 2.49. The molecule has 3 atom stereocenters. The van der Waals surface area contributed by atoms with Crippen molar-refractivity contribution in [2.24, 2.45) is 5.92 Å². The van der Waals surface area contributed by atoms with Crippen LogP contribution in [-0.2, 0) is 16.0 Å². The first-order valence-corrected chi connectivity index (χ1v) is 14.0. The first-order valence-electron chi connectivity index (χ1n) is 14.0. The van der Waals surface area contributed by atoms with Gasteiger partial charge in [-0.05, 0) is 48.4 Å². The van der Waals surface area contributed by atoms with Crippen LogP contribution < -0.4 is 10.6 Å². The number of rotatable bonds is 6. The second-order valence-electron chi connectivity index (χ2n) is 11.5. The molecule has 3 N–H and O–H groups in total. The number of hydrogen-bond donors (Lipinski definition) is 3. The summed E-state index contributed by atoms with van der Waals surface area (Å²) in [5.41, 5.74) is 4.59. The van der Waals surface area contributed by atoms with Gasteiger partial charge in [-0.15, -0.1) is 0 Å². The van der Waals surface area contributed by atoms with Crippen molar-refractivity contribution < 1.29 is 14.4 Å². The standard InChI is InChI=1S/C31H36N4O3/c1-18(2)16-25(29(36)32-19-10-4-3-5-11-19)34-30(37)26-17-23-20-12-8-9-15-24(20)33-27(23)28-21-13-6-7-14-22(21)31(38)35(26)28/h6-9,12-15,18-19,25-26,28,33H,3-5,10-11,16-17H2,1-2H3,(H,32,36)(H,34,37)/t25-,26-,28+/m0/s1. The minimum Gasteiger partial charge on any atom is -0.356 e. The van der Waals surface area contributed by atoms with Gasteiger partial charge in [-0.1, -0.05) is 69.5 Å². The zero-order valence-electron chi connectivity index (χ0n) is 22.1. The summed E-state index contributed by atoms with van der Waals surface area (Å²) >= 11 is 0. The largest absolute Gasteiger partial charge is 0.356 e. The second-order valence-corrected chi connectivity index (χ2v) is 11.5. The van der Waals surface area contributed by atoms with Crippen LogP contribution in [0.3, 0.4) is 0 Å². The average molecular weight is 513 g/mol. The molecule has 2 aromatic carbocycles. The van der Waals surface area contributed by atoms with Crippen LogP contribution in [0.4, 0.5) is 0 Å². The lowest BCUT2D eigenvalue weighted by atomic mass is 9.89. The molecule has 38 heavy (non-hydrogen) atoms. The molecule has 1 fully saturated rings. The molecule has 3 aromatic rings. The van der Waals surface area contributed by atoms with Gasteiger partial charge in [0.2, 0.25) is 11.8 Å². The molecule has 3 amide bonds. The topological polar surface area (TPSA) is 94.3 Å². The van der Waals surface area contributed by atoms with Gasteiger partial charge in [-0.2, -0.15) is 0 Å². The van der Waals surface area contributed by atoms with Crippen LogP contribution in [-0.4, -0.2) is 45.7 Å². The monoisotopic (exact) mass is 512 g/mol. The summed E-state index contributed by atoms with van der Waals surface area (Å²) in [5.74, 6) is -0.289. The van der Waals surface area contributed by atoms with Crippen molar-refractivity contribution in [1.29, 1.82) is 0 Å². The molecule has 1 saturated carbocycles. The Balaban J connectivity index is 1.33. The van der Waals surface area contributed by atoms with Crippen LogP contribution in [0.5, 0.6) is 0 Å². The summed E-state index contributed by atoms with van der Waals surface area (Å²) in [4.78, 5) is 46.3. The lowest BCUT2D eigenvalue weighted by Gasteiger charge is -2.38. The molecule has 1 aliphatic carbocycles. The zero-order valence-corrected chi connectivity index (χ0v) is 22.1. The molecule has 3 aliphatic rings. The Kier molecular flexibility index (Phi) is 6.46. The summed E-state index contributed by atoms with van der Waals surface area (Å²) in [5, 5.41) is 7.36. The van der Waals surface area contributed by atoms with Crippen molar-refractivity contribution in [3.8, 4) is 0 Å². The van der Waals surface area contributed by atoms with Crippen LogP contribution in [0.1, 0.15) is 85.6 Å². The molecule has 7 heteroatoms. The second kappa shape index (κ2) is 9.93. The fourth-order valence-electron chi connectivity index (χ4n) is 6.66. The Hall–Kier alpha value is -3.61. The quantitative estimate of drug-likeness (QED) is 0.450. The van der Waals surface area contributed by atoms with E-state index in [9.17, 15) is 14.4 Å². The fourth-order valence-corrected chi connectivity index (χ4v) is 6.66. The number of nitrogens with one attached hydrogen (secondary N) is 3. The van der Waals surface area contributed by atoms with Gasteiger partial charge in [-0.25, -0.2) is 0 Å². The van der Waals surface area contributed by atoms with E-state index in [0.29, 0.717) is 18.4 Å². The summed E-state index contributed by atoms with van der Waals surface area (Å²) in [6, 6.07) is 14.2. The predicted octanol–water partition coefficient (Wildman–Crippen LogP) is 4.62. The Morgan fingerprint density at radius 1 is 1.03 bits per heavy atom. The van der Waals surface area contributed by atoms with E-state index < -0.39 is 12.1 Å². The number of aromatic nitrogens is 1. The number of aromatic amines is 1. The van der Waals surface area contributed by atoms with E-state index in [1.807, 2.05) is 42.5 Å². The molecule has 0 spiro atoms. The third-order valence-corrected chi connectivity index (χ3v) is 8.45. The van der Waals surface area contributed by atoms with Gasteiger partial charge in [0.25, 0.3) is 5.91 Å². The number of benzene rings is 2. The number of carbonyl (C=O) groups excluding carboxylic acids is 3. The lowest BCUT2D eigenvalue weighted by molar-refractivity contribution is -0.132. The van der Waals surface area contributed by atoms with Gasteiger partial charge in [0.15, 0.2) is 0 Å². The molecule has 1 aromatic heterocycles. The Labute approximate surface area is 223 Å². The summed E-state index contributed by atoms with van der Waals surface area (Å²) in [6.07, 6.45) is 6.39. The highest BCUT2D eigenvalue weighted by molar-refractivity contribution is 6.04. The third kappa shape index (κ3) is 4.28. The van der Waals surface area contributed by atoms with Gasteiger partial charge in [0.05, 0.1) is 6.04 Å². The first-order chi connectivity index (χ1) is 18.4. The van der Waals surface area contributed by atoms with E-state index in [4.69, 9.17) is 0 Å². The number of fused-ring (bicyclic) bond motifs is 7. The minimum absolute atomic E-state index is 0.116. The van der Waals surface area contributed by atoms with Gasteiger partial charge in [0, 0.05) is 34.6 Å². The first kappa shape index (κ1) is 24.7. The molecular weight excluding hydrogens is 476 g/mol. The highest BCUT2D eigenvalue weighted by atomic mass is 16.2. The number of H-pyrrole nitrogens is 1. The minimum atomic E-state index is -0.705. The van der Waals surface area contributed by atoms with E-state index in [2.05, 4.69) is 35.5 Å². The number of amides is 3. The molecule has 0 bridgehead atoms. The number of nitrogens with zero attached hydrogens (tertiary/aromatic N) is 1. The summed E-state index contributed by atoms with van der Waals surface area (Å²) < 4.78 is 0. The van der Waals surface area contributed by atoms with Crippen LogP contribution in [0.15, 0.2) is 48.5 Å². The number of para-hydroxylation sites is 1. The predicted molar refractivity (Wildman–Crippen MR) is 147 cm³/mol. The molecule has 7 nitrogen and oxygen atoms in total. The number of carbonyl (C=O) groups is 3. The van der Waals surface area contributed by atoms with Gasteiger partial charge >= 0.3 is 0 Å². The molecule has 198 valence electrons. The molecule has 0 unspecified atom stereocenters. The number of hydrogen-bond acceptors (Lipinski definition) is 3. The van der Waals surface area contributed by atoms with Gasteiger partial charge in [0.1, 0.15) is 12.1 Å². The van der Waals surface area contributed by atoms with Gasteiger partial charge in [-0.3, -0.25) is 14.4 Å². The van der Waals surface area contributed by atoms with Crippen LogP contribution in [0.2, 0.25) is 0 Å². The van der Waals surface area contributed by atoms with E-state index >= 15 is 0 Å². The Morgan fingerprint density at radius 2 is 1.76 bits per heavy atom. The molecule has 0 saturated heterocycles. The van der Waals surface area contributed by atoms with Gasteiger partial charge < -0.3 is 20.5 Å². The third-order valence-electron chi connectivity index (χ3n) is 8.45. The smallest absolute Gasteiger partial charge is 0.255 e. The van der Waals surface area contributed by atoms with Crippen molar-refractivity contribution in [1.82, 2.24) is 20.5 Å². The van der Waals surface area contributed by atoms with E-state index in [-0.39, 0.29) is 35.7 Å². The average Bonchev–Trinajstić information content (AvgIpc) is 3.44. The van der Waals surface area contributed by atoms with Crippen LogP contribution in [0.25, 0.3) is 10.9 Å². The molecule has 0 radical (unpaired) electrons. The molecular formula is C31H36N4O3. The van der Waals surface area contributed by atoms with E-state index in [0.717, 1.165) is 53.4 Å². The van der Waals surface area contributed by atoms with E-state index in [1.54, 1.807) is 4.90 Å². The van der Waals surface area contributed by atoms with Crippen molar-refractivity contribution in [3.05, 3.63) is 70.9 Å². The Morgan fingerprint density at radius 3 is 2.55 bits per heavy atom. The summed E-state index contributed by atoms with van der Waals surface area (Å²) in [7, 11) is 0. The Bertz CT molecular complexity index is 1390. The van der Waals surface area contributed by atoms with Crippen molar-refractivity contribution in [3.63, 3.8) is 0 Å². The van der Waals surface area contributed by atoms with Crippen LogP contribution >= 0.6 is 0 Å². The zero-order chi connectivity index (χ0) is 26.4. The SMILES string of the molecule is CC(C)C[C@H](NC(=O)[C@@H]1Cc2c([nH]c3ccccc23)[C@H]2c3ccccc3C(=O)N21)C(=O)NC1CCCCC1. The molecule has 3 heterocycles. The fraction of sp³-hybridized carbons (Fsp3) is 0.452. The van der Waals surface area contributed by atoms with Crippen LogP contribution in [0, 0.1) is 5.92 Å². The van der Waals surface area contributed by atoms with Crippen molar-refractivity contribution in [2.45, 2.75) is 83.0 Å².